The average Bonchev–Trinajstić information content (AvgIpc) is 2.62. The fourth-order valence-electron chi connectivity index (χ4n) is 2.25. The summed E-state index contributed by atoms with van der Waals surface area (Å²) in [6.45, 7) is 2.45. The van der Waals surface area contributed by atoms with E-state index in [1.54, 1.807) is 12.1 Å². The Balaban J connectivity index is 1.59. The van der Waals surface area contributed by atoms with Gasteiger partial charge >= 0.3 is 0 Å². The molecule has 2 aromatic carbocycles. The Morgan fingerprint density at radius 2 is 1.88 bits per heavy atom. The lowest BCUT2D eigenvalue weighted by Gasteiger charge is -2.07. The Hall–Kier alpha value is -3.28. The number of carbonyl (C=O) groups is 1. The van der Waals surface area contributed by atoms with Gasteiger partial charge in [0, 0.05) is 12.2 Å². The largest absolute Gasteiger partial charge is 0.365 e. The van der Waals surface area contributed by atoms with Gasteiger partial charge in [-0.3, -0.25) is 4.79 Å². The summed E-state index contributed by atoms with van der Waals surface area (Å²) < 4.78 is 12.9. The van der Waals surface area contributed by atoms with Gasteiger partial charge in [-0.25, -0.2) is 14.4 Å². The number of carbonyl (C=O) groups excluding carboxylic acids is 1. The van der Waals surface area contributed by atoms with E-state index in [0.717, 1.165) is 11.1 Å². The van der Waals surface area contributed by atoms with Gasteiger partial charge < -0.3 is 10.6 Å². The van der Waals surface area contributed by atoms with E-state index in [4.69, 9.17) is 0 Å². The highest BCUT2D eigenvalue weighted by Gasteiger charge is 2.08. The van der Waals surface area contributed by atoms with Crippen LogP contribution in [0.3, 0.4) is 0 Å². The van der Waals surface area contributed by atoms with Crippen LogP contribution >= 0.6 is 0 Å². The number of aryl methyl sites for hydroxylation is 1. The summed E-state index contributed by atoms with van der Waals surface area (Å²) in [5.74, 6) is -0.0490. The fourth-order valence-corrected chi connectivity index (χ4v) is 2.25. The van der Waals surface area contributed by atoms with E-state index < -0.39 is 0 Å². The van der Waals surface area contributed by atoms with Gasteiger partial charge in [0.05, 0.1) is 12.4 Å². The van der Waals surface area contributed by atoms with Crippen molar-refractivity contribution < 1.29 is 9.18 Å². The summed E-state index contributed by atoms with van der Waals surface area (Å²) in [6, 6.07) is 13.7. The van der Waals surface area contributed by atoms with Gasteiger partial charge in [-0.1, -0.05) is 24.3 Å². The molecule has 0 unspecified atom stereocenters. The highest BCUT2D eigenvalue weighted by Crippen LogP contribution is 2.11. The van der Waals surface area contributed by atoms with Gasteiger partial charge in [-0.2, -0.15) is 0 Å². The van der Waals surface area contributed by atoms with Crippen molar-refractivity contribution in [2.45, 2.75) is 13.5 Å². The first-order valence-corrected chi connectivity index (χ1v) is 7.78. The topological polar surface area (TPSA) is 66.9 Å². The highest BCUT2D eigenvalue weighted by atomic mass is 19.1. The van der Waals surface area contributed by atoms with Crippen LogP contribution < -0.4 is 10.6 Å². The molecule has 0 spiro atoms. The van der Waals surface area contributed by atoms with Gasteiger partial charge in [0.15, 0.2) is 0 Å². The van der Waals surface area contributed by atoms with Crippen LogP contribution in [-0.4, -0.2) is 15.9 Å². The van der Waals surface area contributed by atoms with Gasteiger partial charge in [0.2, 0.25) is 0 Å². The summed E-state index contributed by atoms with van der Waals surface area (Å²) in [4.78, 5) is 20.5. The molecule has 3 aromatic rings. The van der Waals surface area contributed by atoms with E-state index in [2.05, 4.69) is 20.6 Å². The third-order valence-corrected chi connectivity index (χ3v) is 3.55. The first kappa shape index (κ1) is 16.6. The molecule has 1 heterocycles. The number of halogens is 1. The second-order valence-corrected chi connectivity index (χ2v) is 5.59. The number of rotatable bonds is 5. The zero-order valence-electron chi connectivity index (χ0n) is 13.7. The Morgan fingerprint density at radius 1 is 1.08 bits per heavy atom. The van der Waals surface area contributed by atoms with Crippen molar-refractivity contribution >= 4 is 17.4 Å². The van der Waals surface area contributed by atoms with Crippen LogP contribution in [0.2, 0.25) is 0 Å². The molecule has 5 nitrogen and oxygen atoms in total. The van der Waals surface area contributed by atoms with Crippen molar-refractivity contribution in [2.75, 3.05) is 10.6 Å². The van der Waals surface area contributed by atoms with E-state index in [9.17, 15) is 9.18 Å². The predicted octanol–water partition coefficient (Wildman–Crippen LogP) is 3.79. The van der Waals surface area contributed by atoms with Crippen LogP contribution in [-0.2, 0) is 6.54 Å². The Labute approximate surface area is 145 Å². The van der Waals surface area contributed by atoms with Crippen molar-refractivity contribution in [3.63, 3.8) is 0 Å². The molecule has 0 atom stereocenters. The lowest BCUT2D eigenvalue weighted by atomic mass is 10.2. The quantitative estimate of drug-likeness (QED) is 0.744. The van der Waals surface area contributed by atoms with Gasteiger partial charge in [-0.05, 0) is 42.3 Å². The smallest absolute Gasteiger partial charge is 0.275 e. The minimum Gasteiger partial charge on any atom is -0.365 e. The molecular formula is C19H17FN4O. The normalized spacial score (nSPS) is 10.3. The van der Waals surface area contributed by atoms with Crippen LogP contribution in [0.1, 0.15) is 21.6 Å². The number of aromatic nitrogens is 2. The molecule has 1 amide bonds. The van der Waals surface area contributed by atoms with Crippen molar-refractivity contribution in [1.29, 1.82) is 0 Å². The molecule has 3 rings (SSSR count). The van der Waals surface area contributed by atoms with Crippen LogP contribution in [0.25, 0.3) is 0 Å². The summed E-state index contributed by atoms with van der Waals surface area (Å²) in [5, 5.41) is 5.86. The maximum absolute atomic E-state index is 12.9. The van der Waals surface area contributed by atoms with Crippen molar-refractivity contribution in [2.24, 2.45) is 0 Å². The Kier molecular flexibility index (Phi) is 4.99. The van der Waals surface area contributed by atoms with Crippen LogP contribution in [0, 0.1) is 12.7 Å². The Bertz CT molecular complexity index is 863. The van der Waals surface area contributed by atoms with Crippen LogP contribution in [0.15, 0.2) is 60.9 Å². The third-order valence-electron chi connectivity index (χ3n) is 3.55. The van der Waals surface area contributed by atoms with Gasteiger partial charge in [0.1, 0.15) is 17.3 Å². The average molecular weight is 336 g/mol. The van der Waals surface area contributed by atoms with E-state index in [-0.39, 0.29) is 17.4 Å². The molecule has 1 aromatic heterocycles. The van der Waals surface area contributed by atoms with Crippen molar-refractivity contribution in [3.05, 3.63) is 83.6 Å². The highest BCUT2D eigenvalue weighted by molar-refractivity contribution is 6.02. The zero-order chi connectivity index (χ0) is 17.6. The minimum atomic E-state index is -0.316. The molecule has 0 aliphatic heterocycles. The van der Waals surface area contributed by atoms with E-state index in [1.165, 1.54) is 24.5 Å². The molecular weight excluding hydrogens is 319 g/mol. The maximum Gasteiger partial charge on any atom is 0.275 e. The van der Waals surface area contributed by atoms with Gasteiger partial charge in [-0.15, -0.1) is 0 Å². The fraction of sp³-hybridized carbons (Fsp3) is 0.105. The summed E-state index contributed by atoms with van der Waals surface area (Å²) in [5.41, 5.74) is 2.92. The van der Waals surface area contributed by atoms with Crippen LogP contribution in [0.5, 0.6) is 0 Å². The Morgan fingerprint density at radius 3 is 2.56 bits per heavy atom. The maximum atomic E-state index is 12.9. The first-order chi connectivity index (χ1) is 12.1. The molecule has 0 bridgehead atoms. The summed E-state index contributed by atoms with van der Waals surface area (Å²) in [6.07, 6.45) is 2.91. The summed E-state index contributed by atoms with van der Waals surface area (Å²) >= 11 is 0. The third kappa shape index (κ3) is 4.60. The molecule has 0 saturated carbocycles. The number of nitrogens with zero attached hydrogens (tertiary/aromatic N) is 2. The SMILES string of the molecule is Cc1cccc(NC(=O)c2cnc(NCc3ccc(F)cc3)cn2)c1. The zero-order valence-corrected chi connectivity index (χ0v) is 13.7. The predicted molar refractivity (Wildman–Crippen MR) is 94.9 cm³/mol. The van der Waals surface area contributed by atoms with Crippen molar-refractivity contribution in [3.8, 4) is 0 Å². The number of benzene rings is 2. The van der Waals surface area contributed by atoms with Crippen molar-refractivity contribution in [1.82, 2.24) is 9.97 Å². The first-order valence-electron chi connectivity index (χ1n) is 7.78. The minimum absolute atomic E-state index is 0.230. The molecule has 0 radical (unpaired) electrons. The van der Waals surface area contributed by atoms with Crippen LogP contribution in [0.4, 0.5) is 15.9 Å². The second kappa shape index (κ2) is 7.53. The standard InChI is InChI=1S/C19H17FN4O/c1-13-3-2-4-16(9-13)24-19(25)17-11-23-18(12-21-17)22-10-14-5-7-15(20)8-6-14/h2-9,11-12H,10H2,1H3,(H,22,23)(H,24,25). The van der Waals surface area contributed by atoms with E-state index in [1.807, 2.05) is 31.2 Å². The van der Waals surface area contributed by atoms with E-state index in [0.29, 0.717) is 18.1 Å². The second-order valence-electron chi connectivity index (χ2n) is 5.59. The number of hydrogen-bond donors (Lipinski definition) is 2. The number of anilines is 2. The number of hydrogen-bond acceptors (Lipinski definition) is 4. The monoisotopic (exact) mass is 336 g/mol. The molecule has 0 saturated heterocycles. The molecule has 126 valence electrons. The molecule has 6 heteroatoms. The lowest BCUT2D eigenvalue weighted by Crippen LogP contribution is -2.14. The summed E-state index contributed by atoms with van der Waals surface area (Å²) in [7, 11) is 0. The molecule has 0 aliphatic rings. The molecule has 2 N–H and O–H groups in total. The number of amides is 1. The molecule has 25 heavy (non-hydrogen) atoms. The number of nitrogens with one attached hydrogen (secondary N) is 2. The van der Waals surface area contributed by atoms with E-state index >= 15 is 0 Å². The molecule has 0 fully saturated rings. The van der Waals surface area contributed by atoms with Gasteiger partial charge in [0.25, 0.3) is 5.91 Å². The molecule has 0 aliphatic carbocycles. The lowest BCUT2D eigenvalue weighted by molar-refractivity contribution is 0.102.